The van der Waals surface area contributed by atoms with Gasteiger partial charge in [-0.3, -0.25) is 4.57 Å². The Morgan fingerprint density at radius 2 is 1.97 bits per heavy atom. The van der Waals surface area contributed by atoms with Gasteiger partial charge >= 0.3 is 0 Å². The van der Waals surface area contributed by atoms with Crippen LogP contribution in [0.5, 0.6) is 11.5 Å². The van der Waals surface area contributed by atoms with Crippen molar-refractivity contribution < 1.29 is 29.5 Å². The van der Waals surface area contributed by atoms with Crippen molar-refractivity contribution in [1.82, 2.24) is 19.5 Å². The number of benzene rings is 1. The lowest BCUT2D eigenvalue weighted by molar-refractivity contribution is -0.0511. The summed E-state index contributed by atoms with van der Waals surface area (Å²) in [5.41, 5.74) is 1.75. The molecule has 1 aromatic carbocycles. The number of imidazole rings is 1. The highest BCUT2D eigenvalue weighted by molar-refractivity contribution is 5.82. The number of aliphatic hydroxyl groups excluding tert-OH is 3. The van der Waals surface area contributed by atoms with Gasteiger partial charge in [0.1, 0.15) is 24.6 Å². The average Bonchev–Trinajstić information content (AvgIpc) is 3.33. The monoisotopic (exact) mass is 417 g/mol. The second-order valence-corrected chi connectivity index (χ2v) is 6.78. The molecular formula is C19H23N5O6. The molecule has 11 nitrogen and oxygen atoms in total. The Hall–Kier alpha value is -2.99. The van der Waals surface area contributed by atoms with Crippen LogP contribution in [-0.2, 0) is 11.3 Å². The van der Waals surface area contributed by atoms with Crippen LogP contribution in [0.1, 0.15) is 11.8 Å². The molecule has 0 bridgehead atoms. The number of aliphatic hydroxyl groups is 3. The van der Waals surface area contributed by atoms with Gasteiger partial charge in [-0.25, -0.2) is 15.0 Å². The molecule has 4 N–H and O–H groups in total. The van der Waals surface area contributed by atoms with Crippen molar-refractivity contribution >= 4 is 17.0 Å². The summed E-state index contributed by atoms with van der Waals surface area (Å²) in [6, 6.07) is 5.59. The number of ether oxygens (including phenoxy) is 3. The van der Waals surface area contributed by atoms with E-state index in [9.17, 15) is 15.3 Å². The van der Waals surface area contributed by atoms with Crippen molar-refractivity contribution in [2.45, 2.75) is 31.1 Å². The molecular weight excluding hydrogens is 394 g/mol. The minimum atomic E-state index is -1.23. The van der Waals surface area contributed by atoms with Gasteiger partial charge in [0.15, 0.2) is 34.7 Å². The second-order valence-electron chi connectivity index (χ2n) is 6.78. The first kappa shape index (κ1) is 20.3. The van der Waals surface area contributed by atoms with Crippen LogP contribution in [0.25, 0.3) is 11.2 Å². The molecule has 160 valence electrons. The third-order valence-corrected chi connectivity index (χ3v) is 5.08. The summed E-state index contributed by atoms with van der Waals surface area (Å²) >= 11 is 0. The summed E-state index contributed by atoms with van der Waals surface area (Å²) in [5.74, 6) is 1.73. The molecule has 4 rings (SSSR count). The Kier molecular flexibility index (Phi) is 5.68. The normalized spacial score (nSPS) is 23.6. The number of anilines is 1. The first-order valence-electron chi connectivity index (χ1n) is 9.32. The van der Waals surface area contributed by atoms with Crippen LogP contribution in [0.2, 0.25) is 0 Å². The topological polar surface area (TPSA) is 144 Å². The van der Waals surface area contributed by atoms with Crippen molar-refractivity contribution in [3.8, 4) is 11.5 Å². The van der Waals surface area contributed by atoms with Gasteiger partial charge in [-0.15, -0.1) is 0 Å². The van der Waals surface area contributed by atoms with Gasteiger partial charge in [0.2, 0.25) is 0 Å². The van der Waals surface area contributed by atoms with Crippen LogP contribution in [0.15, 0.2) is 30.9 Å². The van der Waals surface area contributed by atoms with E-state index in [4.69, 9.17) is 14.2 Å². The Morgan fingerprint density at radius 3 is 2.67 bits per heavy atom. The lowest BCUT2D eigenvalue weighted by atomic mass is 10.1. The Labute approximate surface area is 171 Å². The number of nitrogens with one attached hydrogen (secondary N) is 1. The van der Waals surface area contributed by atoms with Crippen LogP contribution >= 0.6 is 0 Å². The van der Waals surface area contributed by atoms with E-state index in [1.54, 1.807) is 14.2 Å². The molecule has 1 aliphatic heterocycles. The average molecular weight is 417 g/mol. The second kappa shape index (κ2) is 8.40. The number of aromatic nitrogens is 4. The molecule has 0 saturated carbocycles. The molecule has 1 fully saturated rings. The van der Waals surface area contributed by atoms with Crippen molar-refractivity contribution in [3.63, 3.8) is 0 Å². The van der Waals surface area contributed by atoms with E-state index in [1.165, 1.54) is 17.2 Å². The molecule has 1 saturated heterocycles. The largest absolute Gasteiger partial charge is 0.493 e. The number of para-hydroxylation sites is 1. The molecule has 11 heteroatoms. The van der Waals surface area contributed by atoms with Crippen LogP contribution in [-0.4, -0.2) is 74.0 Å². The predicted molar refractivity (Wildman–Crippen MR) is 105 cm³/mol. The van der Waals surface area contributed by atoms with E-state index in [0.29, 0.717) is 35.0 Å². The zero-order valence-corrected chi connectivity index (χ0v) is 16.5. The van der Waals surface area contributed by atoms with Gasteiger partial charge in [-0.05, 0) is 6.07 Å². The lowest BCUT2D eigenvalue weighted by Gasteiger charge is -2.16. The van der Waals surface area contributed by atoms with Crippen molar-refractivity contribution in [3.05, 3.63) is 36.4 Å². The first-order chi connectivity index (χ1) is 14.6. The van der Waals surface area contributed by atoms with E-state index >= 15 is 0 Å². The molecule has 0 aliphatic carbocycles. The summed E-state index contributed by atoms with van der Waals surface area (Å²) in [5, 5.41) is 32.8. The van der Waals surface area contributed by atoms with E-state index in [1.807, 2.05) is 18.2 Å². The standard InChI is InChI=1S/C19H23N5O6/c1-28-11-5-3-4-10(16(11)29-2)6-20-17-13-18(22-8-21-17)24(9-23-13)19-15(27)14(26)12(7-25)30-19/h3-5,8-9,12,14-15,19,25-27H,6-7H2,1-2H3,(H,20,21,22)/t12-,14-,15+,19?/m1/s1. The van der Waals surface area contributed by atoms with Crippen molar-refractivity contribution in [1.29, 1.82) is 0 Å². The third-order valence-electron chi connectivity index (χ3n) is 5.08. The molecule has 0 radical (unpaired) electrons. The van der Waals surface area contributed by atoms with Crippen molar-refractivity contribution in [2.75, 3.05) is 26.1 Å². The highest BCUT2D eigenvalue weighted by atomic mass is 16.6. The molecule has 2 aromatic heterocycles. The van der Waals surface area contributed by atoms with Gasteiger partial charge in [0.25, 0.3) is 0 Å². The molecule has 3 heterocycles. The minimum absolute atomic E-state index is 0.396. The SMILES string of the molecule is COc1cccc(CNc2ncnc3c2ncn3C2O[C@H](CO)[C@@H](O)[C@@H]2O)c1OC. The van der Waals surface area contributed by atoms with E-state index in [2.05, 4.69) is 20.3 Å². The van der Waals surface area contributed by atoms with Crippen LogP contribution < -0.4 is 14.8 Å². The summed E-state index contributed by atoms with van der Waals surface area (Å²) in [4.78, 5) is 12.9. The minimum Gasteiger partial charge on any atom is -0.493 e. The molecule has 4 atom stereocenters. The maximum absolute atomic E-state index is 10.3. The number of hydrogen-bond acceptors (Lipinski definition) is 10. The fourth-order valence-electron chi connectivity index (χ4n) is 3.55. The van der Waals surface area contributed by atoms with E-state index in [0.717, 1.165) is 5.56 Å². The third kappa shape index (κ3) is 3.41. The highest BCUT2D eigenvalue weighted by Crippen LogP contribution is 2.33. The summed E-state index contributed by atoms with van der Waals surface area (Å²) < 4.78 is 17.9. The van der Waals surface area contributed by atoms with Gasteiger partial charge < -0.3 is 34.8 Å². The summed E-state index contributed by atoms with van der Waals surface area (Å²) in [7, 11) is 3.15. The highest BCUT2D eigenvalue weighted by Gasteiger charge is 2.44. The Balaban J connectivity index is 1.61. The Morgan fingerprint density at radius 1 is 1.13 bits per heavy atom. The van der Waals surface area contributed by atoms with Crippen LogP contribution in [0.4, 0.5) is 5.82 Å². The number of rotatable bonds is 7. The predicted octanol–water partition coefficient (Wildman–Crippen LogP) is 0.0671. The number of fused-ring (bicyclic) bond motifs is 1. The van der Waals surface area contributed by atoms with Crippen molar-refractivity contribution in [2.24, 2.45) is 0 Å². The summed E-state index contributed by atoms with van der Waals surface area (Å²) in [6.45, 7) is -0.0152. The smallest absolute Gasteiger partial charge is 0.167 e. The summed E-state index contributed by atoms with van der Waals surface area (Å²) in [6.07, 6.45) is -1.43. The fraction of sp³-hybridized carbons (Fsp3) is 0.421. The quantitative estimate of drug-likeness (QED) is 0.417. The number of nitrogens with zero attached hydrogens (tertiary/aromatic N) is 4. The Bertz CT molecular complexity index is 1030. The molecule has 30 heavy (non-hydrogen) atoms. The maximum Gasteiger partial charge on any atom is 0.167 e. The lowest BCUT2D eigenvalue weighted by Crippen LogP contribution is -2.33. The molecule has 1 aliphatic rings. The molecule has 0 spiro atoms. The van der Waals surface area contributed by atoms with Crippen LogP contribution in [0.3, 0.4) is 0 Å². The number of hydrogen-bond donors (Lipinski definition) is 4. The zero-order chi connectivity index (χ0) is 21.3. The fourth-order valence-corrected chi connectivity index (χ4v) is 3.55. The molecule has 3 aromatic rings. The zero-order valence-electron chi connectivity index (χ0n) is 16.5. The maximum atomic E-state index is 10.3. The van der Waals surface area contributed by atoms with Gasteiger partial charge in [0.05, 0.1) is 27.2 Å². The van der Waals surface area contributed by atoms with Crippen LogP contribution in [0, 0.1) is 0 Å². The van der Waals surface area contributed by atoms with Gasteiger partial charge in [-0.1, -0.05) is 12.1 Å². The number of methoxy groups -OCH3 is 2. The van der Waals surface area contributed by atoms with Gasteiger partial charge in [0, 0.05) is 12.1 Å². The molecule has 1 unspecified atom stereocenters. The first-order valence-corrected chi connectivity index (χ1v) is 9.32. The van der Waals surface area contributed by atoms with Gasteiger partial charge in [-0.2, -0.15) is 0 Å². The molecule has 0 amide bonds. The van der Waals surface area contributed by atoms with E-state index < -0.39 is 31.1 Å². The van der Waals surface area contributed by atoms with E-state index in [-0.39, 0.29) is 0 Å².